The SMILES string of the molecule is C=C(CCCF)N1CCc2c([nH]c3ccccc23)[C@H]1c1ccc(NC2CN(CCCF)C2)cc1. The van der Waals surface area contributed by atoms with Crippen LogP contribution in [0.25, 0.3) is 10.9 Å². The fourth-order valence-electron chi connectivity index (χ4n) is 5.47. The van der Waals surface area contributed by atoms with Crippen LogP contribution in [0.4, 0.5) is 14.5 Å². The molecule has 34 heavy (non-hydrogen) atoms. The predicted octanol–water partition coefficient (Wildman–Crippen LogP) is 5.83. The molecule has 1 atom stereocenters. The lowest BCUT2D eigenvalue weighted by Crippen LogP contribution is -2.54. The van der Waals surface area contributed by atoms with Gasteiger partial charge in [-0.3, -0.25) is 13.7 Å². The van der Waals surface area contributed by atoms with Gasteiger partial charge in [0.15, 0.2) is 0 Å². The van der Waals surface area contributed by atoms with Gasteiger partial charge in [-0.2, -0.15) is 0 Å². The molecule has 1 fully saturated rings. The third kappa shape index (κ3) is 4.56. The average Bonchev–Trinajstić information content (AvgIpc) is 3.22. The van der Waals surface area contributed by atoms with E-state index in [-0.39, 0.29) is 19.4 Å². The summed E-state index contributed by atoms with van der Waals surface area (Å²) in [7, 11) is 0. The molecule has 180 valence electrons. The van der Waals surface area contributed by atoms with Crippen LogP contribution in [-0.4, -0.2) is 60.4 Å². The van der Waals surface area contributed by atoms with Crippen LogP contribution < -0.4 is 5.32 Å². The van der Waals surface area contributed by atoms with Crippen molar-refractivity contribution in [2.24, 2.45) is 0 Å². The number of benzene rings is 2. The first-order valence-corrected chi connectivity index (χ1v) is 12.4. The van der Waals surface area contributed by atoms with E-state index in [4.69, 9.17) is 0 Å². The Balaban J connectivity index is 1.37. The molecule has 5 rings (SSSR count). The summed E-state index contributed by atoms with van der Waals surface area (Å²) in [5.74, 6) is 0. The molecule has 6 heteroatoms. The number of likely N-dealkylation sites (tertiary alicyclic amines) is 1. The minimum atomic E-state index is -0.318. The zero-order valence-corrected chi connectivity index (χ0v) is 19.7. The van der Waals surface area contributed by atoms with E-state index in [2.05, 4.69) is 75.2 Å². The average molecular weight is 465 g/mol. The number of alkyl halides is 2. The molecule has 0 unspecified atom stereocenters. The van der Waals surface area contributed by atoms with Crippen LogP contribution in [0.1, 0.15) is 42.1 Å². The molecule has 1 aromatic heterocycles. The molecule has 0 amide bonds. The van der Waals surface area contributed by atoms with Crippen LogP contribution in [0.5, 0.6) is 0 Å². The van der Waals surface area contributed by atoms with Crippen molar-refractivity contribution in [2.45, 2.75) is 37.8 Å². The lowest BCUT2D eigenvalue weighted by molar-refractivity contribution is 0.155. The monoisotopic (exact) mass is 464 g/mol. The van der Waals surface area contributed by atoms with Gasteiger partial charge in [0.2, 0.25) is 0 Å². The van der Waals surface area contributed by atoms with Gasteiger partial charge in [0.1, 0.15) is 0 Å². The van der Waals surface area contributed by atoms with Crippen molar-refractivity contribution in [2.75, 3.05) is 44.8 Å². The molecule has 0 radical (unpaired) electrons. The summed E-state index contributed by atoms with van der Waals surface area (Å²) in [6.07, 6.45) is 2.74. The van der Waals surface area contributed by atoms with E-state index in [1.807, 2.05) is 0 Å². The number of anilines is 1. The summed E-state index contributed by atoms with van der Waals surface area (Å²) in [5.41, 5.74) is 7.07. The highest BCUT2D eigenvalue weighted by Gasteiger charge is 2.32. The standard InChI is InChI=1S/C28H34F2N4/c1-20(6-4-14-29)34-17-13-25-24-7-2-3-8-26(24)32-27(25)28(34)21-9-11-22(12-10-21)31-23-18-33(19-23)16-5-15-30/h2-3,7-12,23,28,31-32H,1,4-6,13-19H2/t28-/m1/s1. The van der Waals surface area contributed by atoms with Crippen molar-refractivity contribution in [3.8, 4) is 0 Å². The molecular formula is C28H34F2N4. The van der Waals surface area contributed by atoms with E-state index in [0.717, 1.165) is 49.5 Å². The zero-order valence-electron chi connectivity index (χ0n) is 19.7. The number of hydrogen-bond acceptors (Lipinski definition) is 3. The Kier molecular flexibility index (Phi) is 6.86. The third-order valence-corrected chi connectivity index (χ3v) is 7.20. The maximum atomic E-state index is 12.9. The maximum absolute atomic E-state index is 12.9. The van der Waals surface area contributed by atoms with Gasteiger partial charge in [0.25, 0.3) is 0 Å². The zero-order chi connectivity index (χ0) is 23.5. The summed E-state index contributed by atoms with van der Waals surface area (Å²) >= 11 is 0. The Labute approximate surface area is 200 Å². The van der Waals surface area contributed by atoms with Crippen molar-refractivity contribution in [1.29, 1.82) is 0 Å². The molecule has 3 aromatic rings. The number of allylic oxidation sites excluding steroid dienone is 1. The first-order chi connectivity index (χ1) is 16.7. The van der Waals surface area contributed by atoms with Gasteiger partial charge in [-0.15, -0.1) is 0 Å². The van der Waals surface area contributed by atoms with Crippen LogP contribution in [0, 0.1) is 0 Å². The Morgan fingerprint density at radius 1 is 1.03 bits per heavy atom. The van der Waals surface area contributed by atoms with Crippen LogP contribution >= 0.6 is 0 Å². The number of H-pyrrole nitrogens is 1. The molecular weight excluding hydrogens is 430 g/mol. The molecule has 0 spiro atoms. The van der Waals surface area contributed by atoms with E-state index in [1.54, 1.807) is 0 Å². The van der Waals surface area contributed by atoms with E-state index < -0.39 is 0 Å². The first-order valence-electron chi connectivity index (χ1n) is 12.4. The number of rotatable bonds is 10. The number of fused-ring (bicyclic) bond motifs is 3. The molecule has 1 saturated heterocycles. The van der Waals surface area contributed by atoms with Crippen molar-refractivity contribution in [3.63, 3.8) is 0 Å². The third-order valence-electron chi connectivity index (χ3n) is 7.20. The molecule has 2 aliphatic rings. The minimum Gasteiger partial charge on any atom is -0.380 e. The molecule has 0 saturated carbocycles. The fourth-order valence-corrected chi connectivity index (χ4v) is 5.47. The normalized spacial score (nSPS) is 18.6. The summed E-state index contributed by atoms with van der Waals surface area (Å²) in [6.45, 7) is 7.41. The highest BCUT2D eigenvalue weighted by molar-refractivity contribution is 5.85. The largest absolute Gasteiger partial charge is 0.380 e. The molecule has 4 nitrogen and oxygen atoms in total. The van der Waals surface area contributed by atoms with Crippen LogP contribution in [0.3, 0.4) is 0 Å². The Morgan fingerprint density at radius 2 is 1.79 bits per heavy atom. The molecule has 3 heterocycles. The van der Waals surface area contributed by atoms with Crippen LogP contribution in [0.2, 0.25) is 0 Å². The van der Waals surface area contributed by atoms with Crippen molar-refractivity contribution < 1.29 is 8.78 Å². The summed E-state index contributed by atoms with van der Waals surface area (Å²) in [5, 5.41) is 4.89. The van der Waals surface area contributed by atoms with Gasteiger partial charge in [0.05, 0.1) is 25.4 Å². The first kappa shape index (κ1) is 22.9. The van der Waals surface area contributed by atoms with Crippen molar-refractivity contribution >= 4 is 16.6 Å². The number of halogens is 2. The maximum Gasteiger partial charge on any atom is 0.0944 e. The van der Waals surface area contributed by atoms with Gasteiger partial charge in [-0.05, 0) is 55.0 Å². The number of aromatic nitrogens is 1. The number of nitrogens with zero attached hydrogens (tertiary/aromatic N) is 2. The Bertz CT molecular complexity index is 1120. The van der Waals surface area contributed by atoms with Gasteiger partial charge < -0.3 is 15.2 Å². The minimum absolute atomic E-state index is 0.0391. The fraction of sp³-hybridized carbons (Fsp3) is 0.429. The molecule has 2 aromatic carbocycles. The Hall–Kier alpha value is -2.86. The van der Waals surface area contributed by atoms with E-state index in [0.29, 0.717) is 25.3 Å². The molecule has 0 aliphatic carbocycles. The number of aromatic amines is 1. The second-order valence-corrected chi connectivity index (χ2v) is 9.53. The lowest BCUT2D eigenvalue weighted by Gasteiger charge is -2.40. The van der Waals surface area contributed by atoms with E-state index in [1.165, 1.54) is 22.2 Å². The molecule has 2 aliphatic heterocycles. The second kappa shape index (κ2) is 10.2. The van der Waals surface area contributed by atoms with Crippen molar-refractivity contribution in [1.82, 2.24) is 14.8 Å². The lowest BCUT2D eigenvalue weighted by atomic mass is 9.91. The summed E-state index contributed by atoms with van der Waals surface area (Å²) < 4.78 is 25.3. The topological polar surface area (TPSA) is 34.3 Å². The molecule has 0 bridgehead atoms. The van der Waals surface area contributed by atoms with Crippen molar-refractivity contribution in [3.05, 3.63) is 77.6 Å². The van der Waals surface area contributed by atoms with Gasteiger partial charge >= 0.3 is 0 Å². The van der Waals surface area contributed by atoms with Gasteiger partial charge in [-0.1, -0.05) is 36.9 Å². The van der Waals surface area contributed by atoms with Crippen LogP contribution in [0.15, 0.2) is 60.8 Å². The van der Waals surface area contributed by atoms with E-state index >= 15 is 0 Å². The second-order valence-electron chi connectivity index (χ2n) is 9.53. The number of nitrogens with one attached hydrogen (secondary N) is 2. The van der Waals surface area contributed by atoms with Crippen LogP contribution in [-0.2, 0) is 6.42 Å². The smallest absolute Gasteiger partial charge is 0.0944 e. The quantitative estimate of drug-likeness (QED) is 0.396. The van der Waals surface area contributed by atoms with Gasteiger partial charge in [0, 0.05) is 54.2 Å². The highest BCUT2D eigenvalue weighted by atomic mass is 19.1. The van der Waals surface area contributed by atoms with Gasteiger partial charge in [-0.25, -0.2) is 0 Å². The predicted molar refractivity (Wildman–Crippen MR) is 136 cm³/mol. The van der Waals surface area contributed by atoms with E-state index in [9.17, 15) is 8.78 Å². The number of para-hydroxylation sites is 1. The summed E-state index contributed by atoms with van der Waals surface area (Å²) in [6, 6.07) is 17.6. The number of hydrogen-bond donors (Lipinski definition) is 2. The summed E-state index contributed by atoms with van der Waals surface area (Å²) in [4.78, 5) is 8.32. The Morgan fingerprint density at radius 3 is 2.56 bits per heavy atom. The highest BCUT2D eigenvalue weighted by Crippen LogP contribution is 2.40. The molecule has 2 N–H and O–H groups in total.